The number of nitrogens with zero attached hydrogens (tertiary/aromatic N) is 2. The molecule has 3 aromatic carbocycles. The molecule has 0 atom stereocenters. The molecule has 5 aromatic rings. The number of aromatic nitrogens is 3. The molecule has 0 bridgehead atoms. The Hall–Kier alpha value is -3.97. The lowest BCUT2D eigenvalue weighted by Crippen LogP contribution is -2.10. The van der Waals surface area contributed by atoms with Crippen LogP contribution in [0.25, 0.3) is 43.7 Å². The summed E-state index contributed by atoms with van der Waals surface area (Å²) in [7, 11) is 0. The lowest BCUT2D eigenvalue weighted by molar-refractivity contribution is -0.136. The van der Waals surface area contributed by atoms with Crippen molar-refractivity contribution in [3.63, 3.8) is 0 Å². The smallest absolute Gasteiger partial charge is 0.307 e. The molecule has 1 aliphatic rings. The Morgan fingerprint density at radius 3 is 2.46 bits per heavy atom. The van der Waals surface area contributed by atoms with Crippen molar-refractivity contribution in [2.24, 2.45) is 0 Å². The van der Waals surface area contributed by atoms with Gasteiger partial charge in [0.15, 0.2) is 0 Å². The molecule has 0 radical (unpaired) electrons. The van der Waals surface area contributed by atoms with E-state index in [1.807, 2.05) is 62.5 Å². The Morgan fingerprint density at radius 1 is 1.05 bits per heavy atom. The number of carboxylic acid groups (broad SMARTS) is 1. The molecule has 1 aliphatic heterocycles. The van der Waals surface area contributed by atoms with Gasteiger partial charge in [-0.2, -0.15) is 5.10 Å². The largest absolute Gasteiger partial charge is 0.493 e. The van der Waals surface area contributed by atoms with Gasteiger partial charge >= 0.3 is 5.97 Å². The van der Waals surface area contributed by atoms with E-state index in [-0.39, 0.29) is 6.42 Å². The zero-order chi connectivity index (χ0) is 26.7. The van der Waals surface area contributed by atoms with Crippen LogP contribution in [0.1, 0.15) is 45.7 Å². The SMILES string of the molecule is CC.CC(C)(C)O.O=C(O)Cc1c(-c2ccc3c4c(ccnc24)CCO3)c2ccccc2c2[nH]ncc12. The van der Waals surface area contributed by atoms with E-state index < -0.39 is 11.6 Å². The molecule has 3 N–H and O–H groups in total. The Bertz CT molecular complexity index is 1570. The second-order valence-corrected chi connectivity index (χ2v) is 9.70. The Kier molecular flexibility index (Phi) is 7.45. The molecule has 0 spiro atoms. The average molecular weight is 500 g/mol. The van der Waals surface area contributed by atoms with Gasteiger partial charge in [-0.05, 0) is 61.0 Å². The van der Waals surface area contributed by atoms with Gasteiger partial charge in [-0.25, -0.2) is 0 Å². The number of pyridine rings is 1. The quantitative estimate of drug-likeness (QED) is 0.269. The van der Waals surface area contributed by atoms with Gasteiger partial charge in [0.25, 0.3) is 0 Å². The molecule has 0 saturated heterocycles. The number of H-pyrrole nitrogens is 1. The van der Waals surface area contributed by atoms with E-state index in [1.54, 1.807) is 27.0 Å². The summed E-state index contributed by atoms with van der Waals surface area (Å²) < 4.78 is 5.88. The molecule has 0 amide bonds. The van der Waals surface area contributed by atoms with Gasteiger partial charge in [-0.3, -0.25) is 14.9 Å². The van der Waals surface area contributed by atoms with Gasteiger partial charge in [-0.15, -0.1) is 0 Å². The van der Waals surface area contributed by atoms with E-state index in [2.05, 4.69) is 10.2 Å². The minimum Gasteiger partial charge on any atom is -0.493 e. The highest BCUT2D eigenvalue weighted by Crippen LogP contribution is 2.43. The van der Waals surface area contributed by atoms with Gasteiger partial charge in [0, 0.05) is 34.3 Å². The fourth-order valence-electron chi connectivity index (χ4n) is 4.68. The molecule has 0 saturated carbocycles. The maximum Gasteiger partial charge on any atom is 0.307 e. The van der Waals surface area contributed by atoms with E-state index in [4.69, 9.17) is 14.8 Å². The van der Waals surface area contributed by atoms with Crippen LogP contribution in [0.15, 0.2) is 54.9 Å². The third-order valence-electron chi connectivity index (χ3n) is 5.90. The van der Waals surface area contributed by atoms with Crippen LogP contribution in [0.4, 0.5) is 0 Å². The Morgan fingerprint density at radius 2 is 1.76 bits per heavy atom. The van der Waals surface area contributed by atoms with Crippen molar-refractivity contribution in [1.82, 2.24) is 15.2 Å². The summed E-state index contributed by atoms with van der Waals surface area (Å²) in [4.78, 5) is 16.5. The van der Waals surface area contributed by atoms with Crippen molar-refractivity contribution < 1.29 is 19.7 Å². The molecular weight excluding hydrogens is 466 g/mol. The fraction of sp³-hybridized carbons (Fsp3) is 0.300. The molecule has 7 nitrogen and oxygen atoms in total. The number of fused-ring (bicyclic) bond motifs is 3. The van der Waals surface area contributed by atoms with Crippen molar-refractivity contribution in [2.75, 3.05) is 6.61 Å². The maximum absolute atomic E-state index is 11.8. The van der Waals surface area contributed by atoms with Crippen molar-refractivity contribution >= 4 is 38.5 Å². The molecule has 0 fully saturated rings. The molecule has 2 aromatic heterocycles. The highest BCUT2D eigenvalue weighted by Gasteiger charge is 2.23. The van der Waals surface area contributed by atoms with Gasteiger partial charge in [0.05, 0.1) is 35.9 Å². The van der Waals surface area contributed by atoms with Crippen molar-refractivity contribution in [2.45, 2.75) is 53.1 Å². The molecule has 192 valence electrons. The monoisotopic (exact) mass is 499 g/mol. The molecule has 7 heteroatoms. The normalized spacial score (nSPS) is 12.4. The summed E-state index contributed by atoms with van der Waals surface area (Å²) in [6.45, 7) is 9.88. The summed E-state index contributed by atoms with van der Waals surface area (Å²) >= 11 is 0. The number of nitrogens with one attached hydrogen (secondary N) is 1. The van der Waals surface area contributed by atoms with Crippen molar-refractivity contribution in [1.29, 1.82) is 0 Å². The first-order chi connectivity index (χ1) is 17.7. The van der Waals surface area contributed by atoms with Crippen LogP contribution < -0.4 is 4.74 Å². The van der Waals surface area contributed by atoms with Gasteiger partial charge in [-0.1, -0.05) is 38.1 Å². The first-order valence-electron chi connectivity index (χ1n) is 12.6. The third-order valence-corrected chi connectivity index (χ3v) is 5.90. The fourth-order valence-corrected chi connectivity index (χ4v) is 4.68. The number of aliphatic hydroxyl groups is 1. The zero-order valence-corrected chi connectivity index (χ0v) is 21.9. The van der Waals surface area contributed by atoms with Crippen molar-refractivity contribution in [3.05, 3.63) is 66.0 Å². The van der Waals surface area contributed by atoms with Gasteiger partial charge < -0.3 is 14.9 Å². The van der Waals surface area contributed by atoms with E-state index in [1.165, 1.54) is 5.56 Å². The second-order valence-electron chi connectivity index (χ2n) is 9.70. The number of carboxylic acids is 1. The summed E-state index contributed by atoms with van der Waals surface area (Å²) in [5, 5.41) is 29.3. The first-order valence-corrected chi connectivity index (χ1v) is 12.6. The number of benzene rings is 3. The highest BCUT2D eigenvalue weighted by atomic mass is 16.5. The van der Waals surface area contributed by atoms with Crippen molar-refractivity contribution in [3.8, 4) is 16.9 Å². The van der Waals surface area contributed by atoms with Gasteiger partial charge in [0.1, 0.15) is 5.75 Å². The van der Waals surface area contributed by atoms with Crippen LogP contribution in [0, 0.1) is 0 Å². The molecular formula is C30H33N3O4. The number of hydrogen-bond donors (Lipinski definition) is 3. The number of ether oxygens (including phenoxy) is 1. The standard InChI is InChI=1S/C24H17N3O3.C4H10O.C2H6/c28-20(29)11-17-18-12-26-27-23(18)15-4-2-1-3-14(15)22(17)16-5-6-19-21-13(8-10-30-19)7-9-25-24(16)21;1-4(2,3)5;1-2/h1-7,9,12H,8,10-11H2,(H,26,27)(H,28,29);5H,1-3H3;1-2H3. The summed E-state index contributed by atoms with van der Waals surface area (Å²) in [6.07, 6.45) is 4.27. The lowest BCUT2D eigenvalue weighted by atomic mass is 9.87. The molecule has 0 unspecified atom stereocenters. The second kappa shape index (κ2) is 10.6. The number of carbonyl (C=O) groups is 1. The lowest BCUT2D eigenvalue weighted by Gasteiger charge is -2.21. The molecule has 37 heavy (non-hydrogen) atoms. The van der Waals surface area contributed by atoms with E-state index in [9.17, 15) is 9.90 Å². The predicted octanol–water partition coefficient (Wildman–Crippen LogP) is 6.30. The van der Waals surface area contributed by atoms with E-state index >= 15 is 0 Å². The highest BCUT2D eigenvalue weighted by molar-refractivity contribution is 6.17. The Balaban J connectivity index is 0.000000412. The van der Waals surface area contributed by atoms with Crippen LogP contribution in [0.3, 0.4) is 0 Å². The van der Waals surface area contributed by atoms with Crippen LogP contribution in [-0.2, 0) is 17.6 Å². The number of aliphatic carboxylic acids is 1. The topological polar surface area (TPSA) is 108 Å². The number of hydrogen-bond acceptors (Lipinski definition) is 5. The first kappa shape index (κ1) is 26.1. The minimum absolute atomic E-state index is 0.102. The maximum atomic E-state index is 11.8. The average Bonchev–Trinajstić information content (AvgIpc) is 3.36. The summed E-state index contributed by atoms with van der Waals surface area (Å²) in [6, 6.07) is 14.0. The molecule has 0 aliphatic carbocycles. The predicted molar refractivity (Wildman–Crippen MR) is 148 cm³/mol. The zero-order valence-electron chi connectivity index (χ0n) is 21.9. The summed E-state index contributed by atoms with van der Waals surface area (Å²) in [5.41, 5.74) is 4.94. The summed E-state index contributed by atoms with van der Waals surface area (Å²) in [5.74, 6) is -0.0513. The molecule has 6 rings (SSSR count). The minimum atomic E-state index is -0.881. The third kappa shape index (κ3) is 5.27. The molecule has 3 heterocycles. The van der Waals surface area contributed by atoms with Crippen LogP contribution in [-0.4, -0.2) is 43.6 Å². The van der Waals surface area contributed by atoms with Crippen LogP contribution in [0.5, 0.6) is 5.75 Å². The number of rotatable bonds is 3. The number of aromatic amines is 1. The van der Waals surface area contributed by atoms with Crippen LogP contribution >= 0.6 is 0 Å². The Labute approximate surface area is 216 Å². The van der Waals surface area contributed by atoms with Crippen LogP contribution in [0.2, 0.25) is 0 Å². The van der Waals surface area contributed by atoms with E-state index in [0.717, 1.165) is 61.4 Å². The van der Waals surface area contributed by atoms with Gasteiger partial charge in [0.2, 0.25) is 0 Å². The van der Waals surface area contributed by atoms with E-state index in [0.29, 0.717) is 6.61 Å².